The highest BCUT2D eigenvalue weighted by Crippen LogP contribution is 2.41. The summed E-state index contributed by atoms with van der Waals surface area (Å²) in [4.78, 5) is 28.1. The van der Waals surface area contributed by atoms with Crippen LogP contribution in [0.3, 0.4) is 0 Å². The maximum atomic E-state index is 11.6. The molecule has 0 spiro atoms. The topological polar surface area (TPSA) is 185 Å². The van der Waals surface area contributed by atoms with E-state index in [4.69, 9.17) is 63.1 Å². The first kappa shape index (κ1) is 56.1. The Hall–Kier alpha value is -2.79. The molecule has 0 unspecified atom stereocenters. The number of pyridine rings is 1. The number of nitrogens with two attached hydrogens (primary N) is 1. The number of hydrogen-bond donors (Lipinski definition) is 2. The van der Waals surface area contributed by atoms with E-state index in [-0.39, 0.29) is 0 Å². The standard InChI is InChI=1S/C49H85N7O11S/c1-6-7-8-43-53-44-45(56(43)38-39-9-14-54(15-10-39)18-21-58-5)46-41(52-47(44)50)37-42(68-46)40-11-16-55(17-12-40)19-22-60-24-26-62-28-30-64-32-34-66-36-35-65-33-31-63-29-27-61-25-23-59-20-13-51-48(57)67-49(2,3)4/h37,39-40H,6-36,38H2,1-5H3,(H2,50,52)(H,51,57). The van der Waals surface area contributed by atoms with Gasteiger partial charge in [0.05, 0.1) is 128 Å². The number of likely N-dealkylation sites (tertiary alicyclic amines) is 2. The molecule has 0 bridgehead atoms. The quantitative estimate of drug-likeness (QED) is 0.0670. The highest BCUT2D eigenvalue weighted by molar-refractivity contribution is 7.20. The summed E-state index contributed by atoms with van der Waals surface area (Å²) in [6.07, 6.45) is 7.42. The molecule has 2 fully saturated rings. The summed E-state index contributed by atoms with van der Waals surface area (Å²) in [5.41, 5.74) is 9.24. The first-order valence-electron chi connectivity index (χ1n) is 25.3. The number of thiophene rings is 1. The number of nitrogen functional groups attached to an aromatic ring is 1. The number of anilines is 1. The molecule has 68 heavy (non-hydrogen) atoms. The molecule has 5 rings (SSSR count). The fourth-order valence-corrected chi connectivity index (χ4v) is 9.68. The molecular weight excluding hydrogens is 895 g/mol. The van der Waals surface area contributed by atoms with Crippen LogP contribution in [0.15, 0.2) is 6.07 Å². The summed E-state index contributed by atoms with van der Waals surface area (Å²) >= 11 is 1.92. The van der Waals surface area contributed by atoms with Gasteiger partial charge in [0, 0.05) is 44.6 Å². The van der Waals surface area contributed by atoms with Crippen LogP contribution >= 0.6 is 11.3 Å². The Morgan fingerprint density at radius 3 is 1.74 bits per heavy atom. The summed E-state index contributed by atoms with van der Waals surface area (Å²) in [5, 5.41) is 2.64. The monoisotopic (exact) mass is 980 g/mol. The zero-order valence-corrected chi connectivity index (χ0v) is 42.9. The lowest BCUT2D eigenvalue weighted by Gasteiger charge is -2.32. The molecule has 5 heterocycles. The molecule has 0 radical (unpaired) electrons. The van der Waals surface area contributed by atoms with Crippen LogP contribution in [0.25, 0.3) is 21.3 Å². The van der Waals surface area contributed by atoms with Gasteiger partial charge in [-0.1, -0.05) is 13.3 Å². The molecule has 3 aromatic heterocycles. The van der Waals surface area contributed by atoms with Gasteiger partial charge in [-0.25, -0.2) is 14.8 Å². The van der Waals surface area contributed by atoms with E-state index in [0.717, 1.165) is 101 Å². The average molecular weight is 980 g/mol. The number of aromatic nitrogens is 3. The van der Waals surface area contributed by atoms with E-state index in [1.807, 2.05) is 32.1 Å². The number of fused-ring (bicyclic) bond motifs is 3. The SMILES string of the molecule is CCCCc1nc2c(N)nc3cc(C4CCN(CCOCCOCCOCCOCCOCCOCCOCCOCCNC(=O)OC(C)(C)C)CC4)sc3c2n1CC1CCN(CCOC)CC1. The predicted molar refractivity (Wildman–Crippen MR) is 266 cm³/mol. The van der Waals surface area contributed by atoms with Crippen molar-refractivity contribution in [1.29, 1.82) is 0 Å². The van der Waals surface area contributed by atoms with Crippen molar-refractivity contribution >= 4 is 44.5 Å². The van der Waals surface area contributed by atoms with Crippen LogP contribution < -0.4 is 11.1 Å². The van der Waals surface area contributed by atoms with E-state index in [9.17, 15) is 4.79 Å². The Bertz CT molecular complexity index is 1810. The highest BCUT2D eigenvalue weighted by Gasteiger charge is 2.27. The largest absolute Gasteiger partial charge is 0.444 e. The van der Waals surface area contributed by atoms with Crippen molar-refractivity contribution in [3.05, 3.63) is 16.8 Å². The highest BCUT2D eigenvalue weighted by atomic mass is 32.1. The summed E-state index contributed by atoms with van der Waals surface area (Å²) in [5.74, 6) is 2.86. The number of imidazole rings is 1. The number of hydrogen-bond acceptors (Lipinski definition) is 17. The molecule has 2 aliphatic rings. The van der Waals surface area contributed by atoms with Gasteiger partial charge in [0.25, 0.3) is 0 Å². The minimum Gasteiger partial charge on any atom is -0.444 e. The average Bonchev–Trinajstić information content (AvgIpc) is 3.91. The number of amides is 1. The van der Waals surface area contributed by atoms with Gasteiger partial charge in [0.1, 0.15) is 16.9 Å². The molecule has 0 aromatic carbocycles. The summed E-state index contributed by atoms with van der Waals surface area (Å²) in [7, 11) is 1.78. The maximum Gasteiger partial charge on any atom is 0.407 e. The number of ether oxygens (including phenoxy) is 10. The number of nitrogens with zero attached hydrogens (tertiary/aromatic N) is 5. The Balaban J connectivity index is 0.829. The first-order valence-corrected chi connectivity index (χ1v) is 26.1. The van der Waals surface area contributed by atoms with Gasteiger partial charge >= 0.3 is 6.09 Å². The Kier molecular flexibility index (Phi) is 26.6. The van der Waals surface area contributed by atoms with Crippen molar-refractivity contribution in [2.45, 2.75) is 90.7 Å². The number of carbonyl (C=O) groups is 1. The number of alkyl carbamates (subject to hydrolysis) is 1. The molecule has 18 nitrogen and oxygen atoms in total. The third-order valence-electron chi connectivity index (χ3n) is 12.1. The van der Waals surface area contributed by atoms with Crippen molar-refractivity contribution in [1.82, 2.24) is 29.7 Å². The van der Waals surface area contributed by atoms with E-state index < -0.39 is 11.7 Å². The number of rotatable bonds is 36. The van der Waals surface area contributed by atoms with Gasteiger partial charge < -0.3 is 72.8 Å². The van der Waals surface area contributed by atoms with Crippen molar-refractivity contribution in [3.63, 3.8) is 0 Å². The van der Waals surface area contributed by atoms with Crippen LogP contribution in [0.4, 0.5) is 10.6 Å². The molecule has 388 valence electrons. The Labute approximate surface area is 409 Å². The van der Waals surface area contributed by atoms with Gasteiger partial charge in [0.2, 0.25) is 0 Å². The second-order valence-corrected chi connectivity index (χ2v) is 19.6. The fourth-order valence-electron chi connectivity index (χ4n) is 8.35. The minimum absolute atomic E-state index is 0.383. The van der Waals surface area contributed by atoms with Crippen LogP contribution in [0.2, 0.25) is 0 Å². The predicted octanol–water partition coefficient (Wildman–Crippen LogP) is 5.77. The zero-order valence-electron chi connectivity index (χ0n) is 42.1. The lowest BCUT2D eigenvalue weighted by molar-refractivity contribution is -0.0235. The summed E-state index contributed by atoms with van der Waals surface area (Å²) < 4.78 is 59.0. The zero-order chi connectivity index (χ0) is 48.2. The van der Waals surface area contributed by atoms with Crippen LogP contribution in [-0.2, 0) is 60.3 Å². The molecule has 3 aromatic rings. The number of unbranched alkanes of at least 4 members (excludes halogenated alkanes) is 1. The van der Waals surface area contributed by atoms with Crippen LogP contribution in [-0.4, -0.2) is 201 Å². The Morgan fingerprint density at radius 1 is 0.721 bits per heavy atom. The smallest absolute Gasteiger partial charge is 0.407 e. The minimum atomic E-state index is -0.515. The van der Waals surface area contributed by atoms with E-state index in [1.54, 1.807) is 7.11 Å². The molecule has 2 saturated heterocycles. The molecule has 3 N–H and O–H groups in total. The van der Waals surface area contributed by atoms with E-state index in [0.29, 0.717) is 130 Å². The summed E-state index contributed by atoms with van der Waals surface area (Å²) in [6, 6.07) is 2.31. The molecule has 0 aliphatic carbocycles. The third kappa shape index (κ3) is 20.9. The first-order chi connectivity index (χ1) is 33.1. The fraction of sp³-hybridized carbons (Fsp3) is 0.816. The number of carbonyl (C=O) groups excluding carboxylic acids is 1. The van der Waals surface area contributed by atoms with Crippen molar-refractivity contribution < 1.29 is 52.2 Å². The van der Waals surface area contributed by atoms with Crippen molar-refractivity contribution in [2.75, 3.05) is 171 Å². The molecule has 1 amide bonds. The van der Waals surface area contributed by atoms with Crippen molar-refractivity contribution in [3.8, 4) is 0 Å². The van der Waals surface area contributed by atoms with Crippen LogP contribution in [0.5, 0.6) is 0 Å². The van der Waals surface area contributed by atoms with Gasteiger partial charge in [-0.15, -0.1) is 11.3 Å². The second-order valence-electron chi connectivity index (χ2n) is 18.5. The number of methoxy groups -OCH3 is 1. The van der Waals surface area contributed by atoms with Crippen LogP contribution in [0.1, 0.15) is 82.8 Å². The van der Waals surface area contributed by atoms with Gasteiger partial charge in [-0.2, -0.15) is 0 Å². The lowest BCUT2D eigenvalue weighted by atomic mass is 9.95. The van der Waals surface area contributed by atoms with Gasteiger partial charge in [0.15, 0.2) is 5.82 Å². The second kappa shape index (κ2) is 32.2. The molecule has 2 aliphatic heterocycles. The number of aryl methyl sites for hydroxylation is 1. The van der Waals surface area contributed by atoms with Crippen LogP contribution in [0, 0.1) is 5.92 Å². The van der Waals surface area contributed by atoms with E-state index in [1.165, 1.54) is 27.9 Å². The van der Waals surface area contributed by atoms with E-state index >= 15 is 0 Å². The third-order valence-corrected chi connectivity index (χ3v) is 13.3. The van der Waals surface area contributed by atoms with Crippen molar-refractivity contribution in [2.24, 2.45) is 5.92 Å². The lowest BCUT2D eigenvalue weighted by Crippen LogP contribution is -2.37. The van der Waals surface area contributed by atoms with E-state index in [2.05, 4.69) is 32.7 Å². The molecule has 19 heteroatoms. The maximum absolute atomic E-state index is 11.6. The van der Waals surface area contributed by atoms with Gasteiger partial charge in [-0.3, -0.25) is 0 Å². The van der Waals surface area contributed by atoms with Gasteiger partial charge in [-0.05, 0) is 97.0 Å². The normalized spacial score (nSPS) is 15.9. The molecular formula is C49H85N7O11S. The molecule has 0 atom stereocenters. The number of piperidine rings is 2. The summed E-state index contributed by atoms with van der Waals surface area (Å²) in [6.45, 7) is 24.3. The Morgan fingerprint density at radius 2 is 1.22 bits per heavy atom. The number of nitrogens with one attached hydrogen (secondary N) is 1. The molecule has 0 saturated carbocycles.